The lowest BCUT2D eigenvalue weighted by atomic mass is 10.0. The van der Waals surface area contributed by atoms with E-state index in [0.29, 0.717) is 37.1 Å². The molecule has 3 heterocycles. The van der Waals surface area contributed by atoms with Gasteiger partial charge in [-0.3, -0.25) is 14.7 Å². The number of rotatable bonds is 6. The Morgan fingerprint density at radius 1 is 1.09 bits per heavy atom. The first-order valence-corrected chi connectivity index (χ1v) is 11.9. The molecule has 1 aliphatic rings. The summed E-state index contributed by atoms with van der Waals surface area (Å²) in [5, 5.41) is 3.56. The second-order valence-electron chi connectivity index (χ2n) is 8.99. The fourth-order valence-electron chi connectivity index (χ4n) is 4.74. The van der Waals surface area contributed by atoms with Crippen LogP contribution in [0.3, 0.4) is 0 Å². The number of nitrogens with zero attached hydrogens (tertiary/aromatic N) is 5. The molecular weight excluding hydrogens is 464 g/mol. The van der Waals surface area contributed by atoms with E-state index in [4.69, 9.17) is 22.1 Å². The Labute approximate surface area is 208 Å². The number of carbonyl (C=O) groups is 1. The van der Waals surface area contributed by atoms with Crippen molar-refractivity contribution in [2.45, 2.75) is 32.1 Å². The molecule has 180 valence electrons. The van der Waals surface area contributed by atoms with Crippen molar-refractivity contribution in [3.63, 3.8) is 0 Å². The van der Waals surface area contributed by atoms with Crippen LogP contribution in [0, 0.1) is 0 Å². The number of amides is 1. The molecule has 0 aliphatic carbocycles. The summed E-state index contributed by atoms with van der Waals surface area (Å²) in [4.78, 5) is 30.7. The third-order valence-electron chi connectivity index (χ3n) is 6.55. The molecule has 2 atom stereocenters. The number of ether oxygens (including phenoxy) is 1. The number of hydrogen-bond donors (Lipinski definition) is 1. The first-order valence-electron chi connectivity index (χ1n) is 11.5. The molecule has 0 spiro atoms. The van der Waals surface area contributed by atoms with Crippen molar-refractivity contribution in [1.29, 1.82) is 0 Å². The molecule has 2 aromatic heterocycles. The van der Waals surface area contributed by atoms with E-state index < -0.39 is 6.04 Å². The highest BCUT2D eigenvalue weighted by molar-refractivity contribution is 6.31. The van der Waals surface area contributed by atoms with E-state index in [0.717, 1.165) is 32.9 Å². The highest BCUT2D eigenvalue weighted by Gasteiger charge is 2.38. The van der Waals surface area contributed by atoms with Crippen LogP contribution in [-0.4, -0.2) is 63.0 Å². The standard InChI is InChI=1S/C26H27ClN6O2/c1-16-11-32(13-21-9-18-4-5-20(27)8-19(18)10-29-21)24(14-35-2)26(34)33(16)12-17-3-6-22-23(7-17)30-15-31-25(22)28/h3-10,15-16,24H,11-14H2,1-2H3,(H2,28,30,31). The van der Waals surface area contributed by atoms with E-state index in [9.17, 15) is 4.79 Å². The molecular formula is C26H27ClN6O2. The molecule has 8 nitrogen and oxygen atoms in total. The zero-order chi connectivity index (χ0) is 24.5. The van der Waals surface area contributed by atoms with Crippen LogP contribution in [-0.2, 0) is 22.6 Å². The Kier molecular flexibility index (Phi) is 6.51. The summed E-state index contributed by atoms with van der Waals surface area (Å²) in [6, 6.07) is 13.3. The Balaban J connectivity index is 1.36. The van der Waals surface area contributed by atoms with Crippen molar-refractivity contribution >= 4 is 45.0 Å². The predicted molar refractivity (Wildman–Crippen MR) is 137 cm³/mol. The lowest BCUT2D eigenvalue weighted by molar-refractivity contribution is -0.149. The maximum Gasteiger partial charge on any atom is 0.242 e. The minimum Gasteiger partial charge on any atom is -0.383 e. The fraction of sp³-hybridized carbons (Fsp3) is 0.308. The molecule has 2 N–H and O–H groups in total. The molecule has 1 aliphatic heterocycles. The van der Waals surface area contributed by atoms with E-state index in [2.05, 4.69) is 32.8 Å². The van der Waals surface area contributed by atoms with Crippen LogP contribution in [0.4, 0.5) is 5.82 Å². The number of halogens is 1. The minimum absolute atomic E-state index is 0.0148. The van der Waals surface area contributed by atoms with Gasteiger partial charge >= 0.3 is 0 Å². The smallest absolute Gasteiger partial charge is 0.242 e. The first kappa shape index (κ1) is 23.4. The van der Waals surface area contributed by atoms with Gasteiger partial charge in [0.05, 0.1) is 17.8 Å². The van der Waals surface area contributed by atoms with E-state index in [-0.39, 0.29) is 11.9 Å². The Morgan fingerprint density at radius 3 is 2.77 bits per heavy atom. The van der Waals surface area contributed by atoms with Gasteiger partial charge in [-0.2, -0.15) is 0 Å². The molecule has 1 fully saturated rings. The van der Waals surface area contributed by atoms with Gasteiger partial charge in [0.25, 0.3) is 0 Å². The number of benzene rings is 2. The van der Waals surface area contributed by atoms with Crippen molar-refractivity contribution in [2.75, 3.05) is 26.0 Å². The molecule has 2 unspecified atom stereocenters. The van der Waals surface area contributed by atoms with Crippen LogP contribution in [0.1, 0.15) is 18.2 Å². The highest BCUT2D eigenvalue weighted by Crippen LogP contribution is 2.25. The third kappa shape index (κ3) is 4.77. The summed E-state index contributed by atoms with van der Waals surface area (Å²) < 4.78 is 5.45. The zero-order valence-corrected chi connectivity index (χ0v) is 20.4. The summed E-state index contributed by atoms with van der Waals surface area (Å²) in [6.45, 7) is 4.14. The molecule has 1 saturated heterocycles. The second-order valence-corrected chi connectivity index (χ2v) is 9.43. The number of aromatic nitrogens is 3. The topological polar surface area (TPSA) is 97.5 Å². The number of pyridine rings is 1. The second kappa shape index (κ2) is 9.73. The quantitative estimate of drug-likeness (QED) is 0.440. The maximum absolute atomic E-state index is 13.6. The number of nitrogens with two attached hydrogens (primary N) is 1. The first-order chi connectivity index (χ1) is 16.9. The van der Waals surface area contributed by atoms with Crippen LogP contribution in [0.25, 0.3) is 21.7 Å². The van der Waals surface area contributed by atoms with Gasteiger partial charge in [0.2, 0.25) is 5.91 Å². The van der Waals surface area contributed by atoms with Crippen molar-refractivity contribution in [3.8, 4) is 0 Å². The number of nitrogen functional groups attached to an aromatic ring is 1. The molecule has 9 heteroatoms. The fourth-order valence-corrected chi connectivity index (χ4v) is 4.92. The van der Waals surface area contributed by atoms with Crippen molar-refractivity contribution in [2.24, 2.45) is 0 Å². The van der Waals surface area contributed by atoms with E-state index in [1.807, 2.05) is 47.5 Å². The Morgan fingerprint density at radius 2 is 1.94 bits per heavy atom. The van der Waals surface area contributed by atoms with Crippen LogP contribution in [0.15, 0.2) is 55.0 Å². The number of carbonyl (C=O) groups excluding carboxylic acids is 1. The molecule has 1 amide bonds. The van der Waals surface area contributed by atoms with Crippen LogP contribution < -0.4 is 5.73 Å². The van der Waals surface area contributed by atoms with Gasteiger partial charge in [-0.1, -0.05) is 23.7 Å². The maximum atomic E-state index is 13.6. The van der Waals surface area contributed by atoms with Gasteiger partial charge in [-0.05, 0) is 48.2 Å². The van der Waals surface area contributed by atoms with E-state index in [1.54, 1.807) is 7.11 Å². The Bertz CT molecular complexity index is 1400. The average molecular weight is 491 g/mol. The SMILES string of the molecule is COCC1C(=O)N(Cc2ccc3c(N)ncnc3c2)C(C)CN1Cc1cc2ccc(Cl)cc2cn1. The summed E-state index contributed by atoms with van der Waals surface area (Å²) >= 11 is 6.10. The molecule has 4 aromatic rings. The predicted octanol–water partition coefficient (Wildman–Crippen LogP) is 3.66. The number of hydrogen-bond acceptors (Lipinski definition) is 7. The lowest BCUT2D eigenvalue weighted by Gasteiger charge is -2.44. The summed E-state index contributed by atoms with van der Waals surface area (Å²) in [5.41, 5.74) is 8.62. The normalized spacial score (nSPS) is 19.1. The van der Waals surface area contributed by atoms with Gasteiger partial charge < -0.3 is 15.4 Å². The van der Waals surface area contributed by atoms with Crippen LogP contribution in [0.2, 0.25) is 5.02 Å². The average Bonchev–Trinajstić information content (AvgIpc) is 2.84. The van der Waals surface area contributed by atoms with Gasteiger partial charge in [0.1, 0.15) is 18.2 Å². The van der Waals surface area contributed by atoms with Gasteiger partial charge in [0.15, 0.2) is 0 Å². The monoisotopic (exact) mass is 490 g/mol. The highest BCUT2D eigenvalue weighted by atomic mass is 35.5. The Hall–Kier alpha value is -3.33. The molecule has 35 heavy (non-hydrogen) atoms. The van der Waals surface area contributed by atoms with E-state index in [1.165, 1.54) is 6.33 Å². The van der Waals surface area contributed by atoms with Gasteiger partial charge in [-0.25, -0.2) is 9.97 Å². The van der Waals surface area contributed by atoms with Crippen molar-refractivity contribution in [1.82, 2.24) is 24.8 Å². The lowest BCUT2D eigenvalue weighted by Crippen LogP contribution is -2.61. The van der Waals surface area contributed by atoms with Crippen molar-refractivity contribution < 1.29 is 9.53 Å². The zero-order valence-electron chi connectivity index (χ0n) is 19.7. The van der Waals surface area contributed by atoms with Gasteiger partial charge in [0, 0.05) is 54.8 Å². The van der Waals surface area contributed by atoms with Gasteiger partial charge in [-0.15, -0.1) is 0 Å². The molecule has 0 radical (unpaired) electrons. The summed E-state index contributed by atoms with van der Waals surface area (Å²) in [6.07, 6.45) is 3.29. The largest absolute Gasteiger partial charge is 0.383 e. The minimum atomic E-state index is -0.391. The number of anilines is 1. The molecule has 5 rings (SSSR count). The third-order valence-corrected chi connectivity index (χ3v) is 6.79. The van der Waals surface area contributed by atoms with Crippen LogP contribution >= 0.6 is 11.6 Å². The number of fused-ring (bicyclic) bond motifs is 2. The number of piperazine rings is 1. The van der Waals surface area contributed by atoms with E-state index >= 15 is 0 Å². The molecule has 0 saturated carbocycles. The van der Waals surface area contributed by atoms with Crippen LogP contribution in [0.5, 0.6) is 0 Å². The molecule has 2 aromatic carbocycles. The summed E-state index contributed by atoms with van der Waals surface area (Å²) in [5.74, 6) is 0.491. The van der Waals surface area contributed by atoms with Crippen molar-refractivity contribution in [3.05, 3.63) is 71.3 Å². The summed E-state index contributed by atoms with van der Waals surface area (Å²) in [7, 11) is 1.62. The molecule has 0 bridgehead atoms. The number of methoxy groups -OCH3 is 1.